The minimum absolute atomic E-state index is 0.160. The van der Waals surface area contributed by atoms with E-state index in [-0.39, 0.29) is 12.2 Å². The van der Waals surface area contributed by atoms with Gasteiger partial charge in [0, 0.05) is 18.0 Å². The summed E-state index contributed by atoms with van der Waals surface area (Å²) in [5, 5.41) is 10.2. The van der Waals surface area contributed by atoms with Gasteiger partial charge in [-0.25, -0.2) is 0 Å². The van der Waals surface area contributed by atoms with Gasteiger partial charge in [0.25, 0.3) is 5.91 Å². The largest absolute Gasteiger partial charge is 0.497 e. The smallest absolute Gasteiger partial charge is 0.416 e. The molecule has 5 nitrogen and oxygen atoms in total. The van der Waals surface area contributed by atoms with Crippen molar-refractivity contribution < 1.29 is 27.8 Å². The highest BCUT2D eigenvalue weighted by Gasteiger charge is 2.39. The number of aliphatic hydroxyl groups excluding tert-OH is 1. The van der Waals surface area contributed by atoms with Crippen molar-refractivity contribution >= 4 is 23.4 Å². The third-order valence-electron chi connectivity index (χ3n) is 4.85. The van der Waals surface area contributed by atoms with E-state index >= 15 is 0 Å². The molecule has 30 heavy (non-hydrogen) atoms. The summed E-state index contributed by atoms with van der Waals surface area (Å²) in [6.45, 7) is 0.596. The number of carbonyl (C=O) groups excluding carboxylic acids is 1. The Morgan fingerprint density at radius 3 is 2.40 bits per heavy atom. The number of carbonyl (C=O) groups is 1. The van der Waals surface area contributed by atoms with Crippen molar-refractivity contribution in [2.24, 2.45) is 0 Å². The SMILES string of the molecule is COc1ccc([C@H]2Sc3ccc(C(F)(F)F)cc3N(CCN(C)C)C(=O)[C@H]2O)cc1. The van der Waals surface area contributed by atoms with Crippen LogP contribution in [0.5, 0.6) is 5.75 Å². The first kappa shape index (κ1) is 22.5. The molecule has 0 radical (unpaired) electrons. The molecule has 1 aliphatic heterocycles. The van der Waals surface area contributed by atoms with E-state index in [1.165, 1.54) is 29.8 Å². The van der Waals surface area contributed by atoms with Crippen molar-refractivity contribution in [1.29, 1.82) is 0 Å². The normalized spacial score (nSPS) is 19.6. The molecule has 2 atom stereocenters. The van der Waals surface area contributed by atoms with Crippen molar-refractivity contribution in [3.05, 3.63) is 53.6 Å². The number of amides is 1. The summed E-state index contributed by atoms with van der Waals surface area (Å²) < 4.78 is 45.1. The van der Waals surface area contributed by atoms with Gasteiger partial charge in [-0.1, -0.05) is 12.1 Å². The van der Waals surface area contributed by atoms with Crippen LogP contribution < -0.4 is 9.64 Å². The first-order valence-electron chi connectivity index (χ1n) is 9.28. The Morgan fingerprint density at radius 1 is 1.17 bits per heavy atom. The fourth-order valence-electron chi connectivity index (χ4n) is 3.19. The predicted molar refractivity (Wildman–Crippen MR) is 110 cm³/mol. The molecular weight excluding hydrogens is 417 g/mol. The summed E-state index contributed by atoms with van der Waals surface area (Å²) in [4.78, 5) is 16.7. The average Bonchev–Trinajstić information content (AvgIpc) is 2.80. The molecule has 0 aromatic heterocycles. The van der Waals surface area contributed by atoms with E-state index in [2.05, 4.69) is 0 Å². The Hall–Kier alpha value is -2.23. The summed E-state index contributed by atoms with van der Waals surface area (Å²) in [5.74, 6) is 0.00394. The van der Waals surface area contributed by atoms with Crippen molar-refractivity contribution in [3.8, 4) is 5.75 Å². The maximum atomic E-state index is 13.3. The van der Waals surface area contributed by atoms with E-state index in [4.69, 9.17) is 4.74 Å². The van der Waals surface area contributed by atoms with E-state index in [9.17, 15) is 23.1 Å². The number of methoxy groups -OCH3 is 1. The molecule has 9 heteroatoms. The van der Waals surface area contributed by atoms with Crippen LogP contribution in [0, 0.1) is 0 Å². The minimum atomic E-state index is -4.53. The molecule has 3 rings (SSSR count). The van der Waals surface area contributed by atoms with Gasteiger partial charge in [0.1, 0.15) is 11.9 Å². The van der Waals surface area contributed by atoms with Crippen LogP contribution >= 0.6 is 11.8 Å². The quantitative estimate of drug-likeness (QED) is 0.766. The van der Waals surface area contributed by atoms with Gasteiger partial charge in [-0.15, -0.1) is 11.8 Å². The van der Waals surface area contributed by atoms with Crippen LogP contribution in [-0.4, -0.2) is 56.3 Å². The summed E-state index contributed by atoms with van der Waals surface area (Å²) in [6.07, 6.45) is -5.94. The molecule has 0 unspecified atom stereocenters. The highest BCUT2D eigenvalue weighted by atomic mass is 32.2. The zero-order chi connectivity index (χ0) is 22.1. The number of halogens is 3. The Labute approximate surface area is 177 Å². The third-order valence-corrected chi connectivity index (χ3v) is 6.24. The zero-order valence-corrected chi connectivity index (χ0v) is 17.6. The lowest BCUT2D eigenvalue weighted by atomic mass is 10.1. The Morgan fingerprint density at radius 2 is 1.83 bits per heavy atom. The maximum absolute atomic E-state index is 13.3. The molecule has 1 aliphatic rings. The van der Waals surface area contributed by atoms with Gasteiger partial charge < -0.3 is 19.6 Å². The van der Waals surface area contributed by atoms with Crippen molar-refractivity contribution in [2.75, 3.05) is 39.2 Å². The summed E-state index contributed by atoms with van der Waals surface area (Å²) in [5.41, 5.74) is 0.0144. The average molecular weight is 440 g/mol. The van der Waals surface area contributed by atoms with Crippen LogP contribution in [0.3, 0.4) is 0 Å². The number of rotatable bonds is 5. The Bertz CT molecular complexity index is 903. The van der Waals surface area contributed by atoms with Crippen LogP contribution in [0.15, 0.2) is 47.4 Å². The monoisotopic (exact) mass is 440 g/mol. The predicted octanol–water partition coefficient (Wildman–Crippen LogP) is 3.82. The van der Waals surface area contributed by atoms with Gasteiger partial charge in [0.2, 0.25) is 0 Å². The number of benzene rings is 2. The third kappa shape index (κ3) is 4.74. The van der Waals surface area contributed by atoms with Gasteiger partial charge in [-0.3, -0.25) is 4.79 Å². The molecule has 0 saturated heterocycles. The van der Waals surface area contributed by atoms with Gasteiger partial charge >= 0.3 is 6.18 Å². The molecule has 0 bridgehead atoms. The van der Waals surface area contributed by atoms with Gasteiger partial charge in [-0.2, -0.15) is 13.2 Å². The highest BCUT2D eigenvalue weighted by Crippen LogP contribution is 2.47. The first-order chi connectivity index (χ1) is 14.1. The highest BCUT2D eigenvalue weighted by molar-refractivity contribution is 7.99. The van der Waals surface area contributed by atoms with E-state index in [0.717, 1.165) is 12.1 Å². The van der Waals surface area contributed by atoms with Crippen LogP contribution in [0.25, 0.3) is 0 Å². The summed E-state index contributed by atoms with van der Waals surface area (Å²) >= 11 is 1.18. The first-order valence-corrected chi connectivity index (χ1v) is 10.2. The van der Waals surface area contributed by atoms with Gasteiger partial charge in [0.05, 0.1) is 23.6 Å². The Kier molecular flexibility index (Phi) is 6.64. The molecule has 1 N–H and O–H groups in total. The molecule has 2 aromatic rings. The summed E-state index contributed by atoms with van der Waals surface area (Å²) in [7, 11) is 5.15. The number of nitrogens with zero attached hydrogens (tertiary/aromatic N) is 2. The second kappa shape index (κ2) is 8.87. The van der Waals surface area contributed by atoms with E-state index in [1.807, 2.05) is 4.90 Å². The molecule has 1 amide bonds. The molecule has 2 aromatic carbocycles. The lowest BCUT2D eigenvalue weighted by molar-refractivity contribution is -0.137. The lowest BCUT2D eigenvalue weighted by Crippen LogP contribution is -2.43. The van der Waals surface area contributed by atoms with E-state index in [1.54, 1.807) is 38.4 Å². The lowest BCUT2D eigenvalue weighted by Gasteiger charge is -2.27. The maximum Gasteiger partial charge on any atom is 0.416 e. The van der Waals surface area contributed by atoms with Crippen molar-refractivity contribution in [3.63, 3.8) is 0 Å². The number of aliphatic hydroxyl groups is 1. The van der Waals surface area contributed by atoms with Gasteiger partial charge in [0.15, 0.2) is 0 Å². The van der Waals surface area contributed by atoms with E-state index in [0.29, 0.717) is 22.8 Å². The Balaban J connectivity index is 2.06. The van der Waals surface area contributed by atoms with Crippen LogP contribution in [0.1, 0.15) is 16.4 Å². The number of hydrogen-bond donors (Lipinski definition) is 1. The number of alkyl halides is 3. The number of likely N-dealkylation sites (N-methyl/N-ethyl adjacent to an activating group) is 1. The molecule has 0 saturated carbocycles. The standard InChI is InChI=1S/C21H23F3N2O3S/c1-25(2)10-11-26-16-12-14(21(22,23)24)6-9-17(16)30-19(18(27)20(26)28)13-4-7-15(29-3)8-5-13/h4-9,12,18-19,27H,10-11H2,1-3H3/t18-,19+/m0/s1. The van der Waals surface area contributed by atoms with Crippen LogP contribution in [0.2, 0.25) is 0 Å². The van der Waals surface area contributed by atoms with Gasteiger partial charge in [-0.05, 0) is 50.0 Å². The van der Waals surface area contributed by atoms with Crippen LogP contribution in [-0.2, 0) is 11.0 Å². The zero-order valence-electron chi connectivity index (χ0n) is 16.8. The fourth-order valence-corrected chi connectivity index (χ4v) is 4.44. The molecular formula is C21H23F3N2O3S. The molecule has 0 aliphatic carbocycles. The number of thioether (sulfide) groups is 1. The molecule has 162 valence electrons. The minimum Gasteiger partial charge on any atom is -0.497 e. The fraction of sp³-hybridized carbons (Fsp3) is 0.381. The van der Waals surface area contributed by atoms with Crippen LogP contribution in [0.4, 0.5) is 18.9 Å². The second-order valence-corrected chi connectivity index (χ2v) is 8.41. The number of hydrogen-bond acceptors (Lipinski definition) is 5. The molecule has 1 heterocycles. The molecule has 0 spiro atoms. The summed E-state index contributed by atoms with van der Waals surface area (Å²) in [6, 6.07) is 10.3. The number of anilines is 1. The topological polar surface area (TPSA) is 53.0 Å². The van der Waals surface area contributed by atoms with E-state index < -0.39 is 29.0 Å². The second-order valence-electron chi connectivity index (χ2n) is 7.23. The number of ether oxygens (including phenoxy) is 1. The van der Waals surface area contributed by atoms with Crippen molar-refractivity contribution in [1.82, 2.24) is 4.90 Å². The molecule has 0 fully saturated rings. The number of fused-ring (bicyclic) bond motifs is 1. The van der Waals surface area contributed by atoms with Crippen molar-refractivity contribution in [2.45, 2.75) is 22.4 Å².